The van der Waals surface area contributed by atoms with E-state index < -0.39 is 0 Å². The van der Waals surface area contributed by atoms with Crippen LogP contribution in [0, 0.1) is 5.82 Å². The van der Waals surface area contributed by atoms with E-state index in [4.69, 9.17) is 16.3 Å². The quantitative estimate of drug-likeness (QED) is 0.183. The summed E-state index contributed by atoms with van der Waals surface area (Å²) < 4.78 is 21.3. The Balaban J connectivity index is 1.01. The van der Waals surface area contributed by atoms with E-state index in [0.717, 1.165) is 59.2 Å². The van der Waals surface area contributed by atoms with Crippen LogP contribution in [0.15, 0.2) is 85.5 Å². The molecule has 2 aliphatic rings. The van der Waals surface area contributed by atoms with Crippen molar-refractivity contribution in [3.63, 3.8) is 0 Å². The molecular formula is C36H36ClFN6O2. The van der Waals surface area contributed by atoms with Gasteiger partial charge in [-0.25, -0.2) is 14.4 Å². The van der Waals surface area contributed by atoms with Gasteiger partial charge >= 0.3 is 0 Å². The third kappa shape index (κ3) is 6.85. The van der Waals surface area contributed by atoms with Crippen LogP contribution in [0.25, 0.3) is 22.0 Å². The average Bonchev–Trinajstić information content (AvgIpc) is 3.78. The van der Waals surface area contributed by atoms with Crippen LogP contribution in [-0.4, -0.2) is 62.5 Å². The number of rotatable bonds is 9. The van der Waals surface area contributed by atoms with Gasteiger partial charge in [0, 0.05) is 42.6 Å². The summed E-state index contributed by atoms with van der Waals surface area (Å²) >= 11 is 6.53. The number of fused-ring (bicyclic) bond motifs is 1. The molecule has 236 valence electrons. The lowest BCUT2D eigenvalue weighted by Crippen LogP contribution is -2.46. The monoisotopic (exact) mass is 638 g/mol. The second-order valence-corrected chi connectivity index (χ2v) is 12.5. The third-order valence-corrected chi connectivity index (χ3v) is 9.28. The second-order valence-electron chi connectivity index (χ2n) is 12.1. The van der Waals surface area contributed by atoms with Crippen molar-refractivity contribution < 1.29 is 13.9 Å². The van der Waals surface area contributed by atoms with E-state index in [-0.39, 0.29) is 18.3 Å². The molecule has 8 nitrogen and oxygen atoms in total. The largest absolute Gasteiger partial charge is 0.487 e. The summed E-state index contributed by atoms with van der Waals surface area (Å²) in [5.74, 6) is 1.01. The number of halogens is 2. The molecule has 0 spiro atoms. The van der Waals surface area contributed by atoms with E-state index in [2.05, 4.69) is 26.3 Å². The van der Waals surface area contributed by atoms with Crippen molar-refractivity contribution in [2.24, 2.45) is 0 Å². The molecule has 2 aromatic heterocycles. The van der Waals surface area contributed by atoms with Crippen molar-refractivity contribution in [2.75, 3.05) is 31.5 Å². The SMILES string of the molecule is O=C(Cn1ccc(-c2ccc3ncnc(Nc4ccc(OCc5cccc(F)c5)c(Cl)c4)c3c2)c1)N1CCC(N2CCCC2)CC1. The van der Waals surface area contributed by atoms with Crippen molar-refractivity contribution >= 4 is 39.9 Å². The number of carbonyl (C=O) groups is 1. The van der Waals surface area contributed by atoms with Crippen LogP contribution < -0.4 is 10.1 Å². The number of amides is 1. The van der Waals surface area contributed by atoms with Crippen LogP contribution in [0.2, 0.25) is 5.02 Å². The van der Waals surface area contributed by atoms with Gasteiger partial charge in [0.15, 0.2) is 0 Å². The zero-order valence-electron chi connectivity index (χ0n) is 25.5. The Bertz CT molecular complexity index is 1850. The summed E-state index contributed by atoms with van der Waals surface area (Å²) in [6, 6.07) is 20.4. The number of piperidine rings is 1. The molecule has 0 bridgehead atoms. The first kappa shape index (κ1) is 30.2. The molecule has 5 aromatic rings. The highest BCUT2D eigenvalue weighted by Gasteiger charge is 2.28. The summed E-state index contributed by atoms with van der Waals surface area (Å²) in [4.78, 5) is 26.7. The Labute approximate surface area is 272 Å². The van der Waals surface area contributed by atoms with Gasteiger partial charge in [-0.1, -0.05) is 29.8 Å². The minimum Gasteiger partial charge on any atom is -0.487 e. The first-order chi connectivity index (χ1) is 22.5. The van der Waals surface area contributed by atoms with Crippen LogP contribution in [0.3, 0.4) is 0 Å². The number of carbonyl (C=O) groups excluding carboxylic acids is 1. The Kier molecular flexibility index (Phi) is 8.85. The molecule has 10 heteroatoms. The van der Waals surface area contributed by atoms with Crippen LogP contribution in [0.5, 0.6) is 5.75 Å². The highest BCUT2D eigenvalue weighted by Crippen LogP contribution is 2.32. The number of benzene rings is 3. The summed E-state index contributed by atoms with van der Waals surface area (Å²) in [7, 11) is 0. The summed E-state index contributed by atoms with van der Waals surface area (Å²) in [5.41, 5.74) is 4.27. The number of anilines is 2. The van der Waals surface area contributed by atoms with Gasteiger partial charge in [0.05, 0.1) is 10.5 Å². The summed E-state index contributed by atoms with van der Waals surface area (Å²) in [6.07, 6.45) is 10.3. The van der Waals surface area contributed by atoms with Crippen molar-refractivity contribution in [3.05, 3.63) is 102 Å². The maximum Gasteiger partial charge on any atom is 0.242 e. The van der Waals surface area contributed by atoms with Gasteiger partial charge in [0.2, 0.25) is 5.91 Å². The lowest BCUT2D eigenvalue weighted by atomic mass is 10.0. The smallest absolute Gasteiger partial charge is 0.242 e. The van der Waals surface area contributed by atoms with Crippen molar-refractivity contribution in [2.45, 2.75) is 44.9 Å². The van der Waals surface area contributed by atoms with Gasteiger partial charge in [-0.3, -0.25) is 4.79 Å². The molecule has 0 aliphatic carbocycles. The summed E-state index contributed by atoms with van der Waals surface area (Å²) in [5, 5.41) is 4.64. The van der Waals surface area contributed by atoms with E-state index >= 15 is 0 Å². The van der Waals surface area contributed by atoms with Crippen LogP contribution in [0.1, 0.15) is 31.2 Å². The minimum absolute atomic E-state index is 0.171. The Morgan fingerprint density at radius 2 is 1.80 bits per heavy atom. The van der Waals surface area contributed by atoms with Gasteiger partial charge < -0.3 is 24.4 Å². The Hall–Kier alpha value is -4.47. The standard InChI is InChI=1S/C36H36ClFN6O2/c37-32-20-29(7-9-34(32)46-23-25-4-3-5-28(38)18-25)41-36-31-19-26(6-8-33(31)39-24-40-36)27-10-15-42(21-27)22-35(45)44-16-11-30(12-17-44)43-13-1-2-14-43/h3-10,15,18-21,24,30H,1-2,11-14,16-17,22-23H2,(H,39,40,41). The molecule has 1 amide bonds. The van der Waals surface area contributed by atoms with E-state index in [1.807, 2.05) is 46.1 Å². The number of ether oxygens (including phenoxy) is 1. The maximum atomic E-state index is 13.5. The molecule has 0 atom stereocenters. The number of hydrogen-bond acceptors (Lipinski definition) is 6. The summed E-state index contributed by atoms with van der Waals surface area (Å²) in [6.45, 7) is 4.63. The van der Waals surface area contributed by atoms with Crippen LogP contribution >= 0.6 is 11.6 Å². The highest BCUT2D eigenvalue weighted by atomic mass is 35.5. The van der Waals surface area contributed by atoms with Gasteiger partial charge in [0.1, 0.15) is 36.9 Å². The number of hydrogen-bond donors (Lipinski definition) is 1. The molecule has 46 heavy (non-hydrogen) atoms. The molecule has 3 aromatic carbocycles. The van der Waals surface area contributed by atoms with Crippen LogP contribution in [-0.2, 0) is 17.9 Å². The molecule has 4 heterocycles. The first-order valence-electron chi connectivity index (χ1n) is 15.8. The van der Waals surface area contributed by atoms with Crippen molar-refractivity contribution in [1.82, 2.24) is 24.3 Å². The fraction of sp³-hybridized carbons (Fsp3) is 0.306. The van der Waals surface area contributed by atoms with Gasteiger partial charge in [-0.05, 0) is 104 Å². The minimum atomic E-state index is -0.307. The first-order valence-corrected chi connectivity index (χ1v) is 16.2. The van der Waals surface area contributed by atoms with E-state index in [0.29, 0.717) is 29.2 Å². The highest BCUT2D eigenvalue weighted by molar-refractivity contribution is 6.32. The fourth-order valence-electron chi connectivity index (χ4n) is 6.51. The van der Waals surface area contributed by atoms with Gasteiger partial charge in [-0.2, -0.15) is 0 Å². The molecular weight excluding hydrogens is 603 g/mol. The van der Waals surface area contributed by atoms with Gasteiger partial charge in [0.25, 0.3) is 0 Å². The van der Waals surface area contributed by atoms with Gasteiger partial charge in [-0.15, -0.1) is 0 Å². The predicted octanol–water partition coefficient (Wildman–Crippen LogP) is 7.30. The number of likely N-dealkylation sites (tertiary alicyclic amines) is 2. The molecule has 2 fully saturated rings. The third-order valence-electron chi connectivity index (χ3n) is 8.99. The molecule has 0 unspecified atom stereocenters. The average molecular weight is 639 g/mol. The predicted molar refractivity (Wildman–Crippen MR) is 179 cm³/mol. The lowest BCUT2D eigenvalue weighted by Gasteiger charge is -2.36. The zero-order chi connectivity index (χ0) is 31.5. The Morgan fingerprint density at radius 3 is 2.61 bits per heavy atom. The molecule has 0 radical (unpaired) electrons. The Morgan fingerprint density at radius 1 is 0.957 bits per heavy atom. The van der Waals surface area contributed by atoms with Crippen molar-refractivity contribution in [1.29, 1.82) is 0 Å². The number of nitrogens with zero attached hydrogens (tertiary/aromatic N) is 5. The van der Waals surface area contributed by atoms with E-state index in [1.54, 1.807) is 24.3 Å². The normalized spacial score (nSPS) is 15.8. The fourth-order valence-corrected chi connectivity index (χ4v) is 6.74. The second kappa shape index (κ2) is 13.5. The van der Waals surface area contributed by atoms with Crippen LogP contribution in [0.4, 0.5) is 15.9 Å². The molecule has 1 N–H and O–H groups in total. The molecule has 2 aliphatic heterocycles. The maximum absolute atomic E-state index is 13.5. The van der Waals surface area contributed by atoms with E-state index in [9.17, 15) is 9.18 Å². The molecule has 2 saturated heterocycles. The number of nitrogens with one attached hydrogen (secondary N) is 1. The molecule has 7 rings (SSSR count). The number of aromatic nitrogens is 3. The van der Waals surface area contributed by atoms with Crippen molar-refractivity contribution in [3.8, 4) is 16.9 Å². The zero-order valence-corrected chi connectivity index (χ0v) is 26.3. The van der Waals surface area contributed by atoms with E-state index in [1.165, 1.54) is 44.4 Å². The molecule has 0 saturated carbocycles. The lowest BCUT2D eigenvalue weighted by molar-refractivity contribution is -0.133. The topological polar surface area (TPSA) is 75.5 Å².